The van der Waals surface area contributed by atoms with E-state index in [0.29, 0.717) is 11.7 Å². The van der Waals surface area contributed by atoms with Crippen LogP contribution in [-0.2, 0) is 6.42 Å². The van der Waals surface area contributed by atoms with E-state index in [2.05, 4.69) is 29.7 Å². The molecule has 0 heterocycles. The molecule has 128 valence electrons. The van der Waals surface area contributed by atoms with Crippen LogP contribution < -0.4 is 20.1 Å². The van der Waals surface area contributed by atoms with Gasteiger partial charge in [-0.2, -0.15) is 0 Å². The fourth-order valence-corrected chi connectivity index (χ4v) is 2.53. The molecule has 0 spiro atoms. The maximum Gasteiger partial charge on any atom is 0.171 e. The Hall–Kier alpha value is -2.27. The van der Waals surface area contributed by atoms with Gasteiger partial charge in [0.1, 0.15) is 6.61 Å². The Labute approximate surface area is 149 Å². The van der Waals surface area contributed by atoms with E-state index in [1.54, 1.807) is 7.11 Å². The SMILES string of the molecule is CCc1ccc(NC(=S)N[C@H](C)COc2ccccc2OC)cc1. The zero-order chi connectivity index (χ0) is 17.4. The van der Waals surface area contributed by atoms with Crippen LogP contribution in [0.5, 0.6) is 11.5 Å². The number of methoxy groups -OCH3 is 1. The molecule has 0 radical (unpaired) electrons. The Balaban J connectivity index is 1.80. The number of anilines is 1. The van der Waals surface area contributed by atoms with E-state index in [4.69, 9.17) is 21.7 Å². The van der Waals surface area contributed by atoms with Gasteiger partial charge >= 0.3 is 0 Å². The van der Waals surface area contributed by atoms with Gasteiger partial charge in [0.05, 0.1) is 13.2 Å². The Kier molecular flexibility index (Phi) is 6.88. The topological polar surface area (TPSA) is 42.5 Å². The lowest BCUT2D eigenvalue weighted by Crippen LogP contribution is -2.39. The molecule has 0 aliphatic rings. The number of aryl methyl sites for hydroxylation is 1. The normalized spacial score (nSPS) is 11.5. The fourth-order valence-electron chi connectivity index (χ4n) is 2.21. The van der Waals surface area contributed by atoms with Gasteiger partial charge in [0.15, 0.2) is 16.6 Å². The molecule has 0 aromatic heterocycles. The summed E-state index contributed by atoms with van der Waals surface area (Å²) < 4.78 is 11.1. The highest BCUT2D eigenvalue weighted by molar-refractivity contribution is 7.80. The van der Waals surface area contributed by atoms with Gasteiger partial charge in [-0.1, -0.05) is 31.2 Å². The molecular weight excluding hydrogens is 320 g/mol. The Morgan fingerprint density at radius 3 is 2.38 bits per heavy atom. The second kappa shape index (κ2) is 9.13. The van der Waals surface area contributed by atoms with Gasteiger partial charge in [-0.25, -0.2) is 0 Å². The van der Waals surface area contributed by atoms with E-state index in [1.165, 1.54) is 5.56 Å². The van der Waals surface area contributed by atoms with Crippen LogP contribution in [0.3, 0.4) is 0 Å². The number of hydrogen-bond acceptors (Lipinski definition) is 3. The van der Waals surface area contributed by atoms with Gasteiger partial charge in [0, 0.05) is 5.69 Å². The predicted molar refractivity (Wildman–Crippen MR) is 103 cm³/mol. The van der Waals surface area contributed by atoms with Gasteiger partial charge in [0.25, 0.3) is 0 Å². The number of benzene rings is 2. The Bertz CT molecular complexity index is 659. The van der Waals surface area contributed by atoms with Crippen LogP contribution in [0.25, 0.3) is 0 Å². The highest BCUT2D eigenvalue weighted by Crippen LogP contribution is 2.25. The Morgan fingerprint density at radius 1 is 1.08 bits per heavy atom. The summed E-state index contributed by atoms with van der Waals surface area (Å²) in [5.74, 6) is 1.45. The van der Waals surface area contributed by atoms with Crippen LogP contribution in [-0.4, -0.2) is 24.9 Å². The molecule has 0 bridgehead atoms. The summed E-state index contributed by atoms with van der Waals surface area (Å²) in [7, 11) is 1.63. The monoisotopic (exact) mass is 344 g/mol. The molecule has 0 saturated carbocycles. The molecule has 0 unspecified atom stereocenters. The fraction of sp³-hybridized carbons (Fsp3) is 0.316. The average Bonchev–Trinajstić information content (AvgIpc) is 2.60. The third-order valence-corrected chi connectivity index (χ3v) is 3.78. The lowest BCUT2D eigenvalue weighted by Gasteiger charge is -2.18. The molecule has 1 atom stereocenters. The number of ether oxygens (including phenoxy) is 2. The maximum atomic E-state index is 5.80. The summed E-state index contributed by atoms with van der Waals surface area (Å²) in [6.07, 6.45) is 1.03. The first kappa shape index (κ1) is 18.1. The zero-order valence-corrected chi connectivity index (χ0v) is 15.2. The molecule has 0 aliphatic carbocycles. The van der Waals surface area contributed by atoms with Crippen molar-refractivity contribution in [2.45, 2.75) is 26.3 Å². The van der Waals surface area contributed by atoms with Crippen LogP contribution in [0.4, 0.5) is 5.69 Å². The lowest BCUT2D eigenvalue weighted by molar-refractivity contribution is 0.270. The van der Waals surface area contributed by atoms with Gasteiger partial charge in [-0.3, -0.25) is 0 Å². The largest absolute Gasteiger partial charge is 0.493 e. The minimum absolute atomic E-state index is 0.0600. The van der Waals surface area contributed by atoms with Crippen molar-refractivity contribution in [3.63, 3.8) is 0 Å². The van der Waals surface area contributed by atoms with Gasteiger partial charge in [-0.15, -0.1) is 0 Å². The number of rotatable bonds is 7. The lowest BCUT2D eigenvalue weighted by atomic mass is 10.1. The second-order valence-corrected chi connectivity index (χ2v) is 5.92. The highest BCUT2D eigenvalue weighted by Gasteiger charge is 2.08. The second-order valence-electron chi connectivity index (χ2n) is 5.51. The summed E-state index contributed by atoms with van der Waals surface area (Å²) >= 11 is 5.35. The van der Waals surface area contributed by atoms with Gasteiger partial charge in [-0.05, 0) is 55.4 Å². The Morgan fingerprint density at radius 2 is 1.75 bits per heavy atom. The number of nitrogens with one attached hydrogen (secondary N) is 2. The molecule has 2 N–H and O–H groups in total. The quantitative estimate of drug-likeness (QED) is 0.743. The minimum Gasteiger partial charge on any atom is -0.493 e. The smallest absolute Gasteiger partial charge is 0.171 e. The summed E-state index contributed by atoms with van der Waals surface area (Å²) in [5.41, 5.74) is 2.28. The number of para-hydroxylation sites is 2. The number of hydrogen-bond donors (Lipinski definition) is 2. The van der Waals surface area contributed by atoms with Crippen molar-refractivity contribution in [2.75, 3.05) is 19.0 Å². The van der Waals surface area contributed by atoms with Crippen LogP contribution in [0.2, 0.25) is 0 Å². The van der Waals surface area contributed by atoms with Crippen molar-refractivity contribution >= 4 is 23.0 Å². The molecule has 5 heteroatoms. The van der Waals surface area contributed by atoms with Crippen LogP contribution in [0.1, 0.15) is 19.4 Å². The van der Waals surface area contributed by atoms with Crippen molar-refractivity contribution in [3.8, 4) is 11.5 Å². The minimum atomic E-state index is 0.0600. The molecule has 4 nitrogen and oxygen atoms in total. The first-order valence-electron chi connectivity index (χ1n) is 8.04. The van der Waals surface area contributed by atoms with Crippen LogP contribution >= 0.6 is 12.2 Å². The van der Waals surface area contributed by atoms with E-state index in [1.807, 2.05) is 43.3 Å². The standard InChI is InChI=1S/C19H24N2O2S/c1-4-15-9-11-16(12-10-15)21-19(24)20-14(2)13-23-18-8-6-5-7-17(18)22-3/h5-12,14H,4,13H2,1-3H3,(H2,20,21,24)/t14-/m1/s1. The van der Waals surface area contributed by atoms with Crippen molar-refractivity contribution in [2.24, 2.45) is 0 Å². The molecule has 0 aliphatic heterocycles. The maximum absolute atomic E-state index is 5.80. The van der Waals surface area contributed by atoms with E-state index >= 15 is 0 Å². The zero-order valence-electron chi connectivity index (χ0n) is 14.3. The van der Waals surface area contributed by atoms with Crippen molar-refractivity contribution < 1.29 is 9.47 Å². The molecule has 2 aromatic carbocycles. The van der Waals surface area contributed by atoms with Crippen molar-refractivity contribution in [1.82, 2.24) is 5.32 Å². The third-order valence-electron chi connectivity index (χ3n) is 3.56. The van der Waals surface area contributed by atoms with E-state index < -0.39 is 0 Å². The summed E-state index contributed by atoms with van der Waals surface area (Å²) in [6, 6.07) is 15.9. The molecule has 0 fully saturated rings. The molecule has 0 saturated heterocycles. The van der Waals surface area contributed by atoms with Crippen LogP contribution in [0, 0.1) is 0 Å². The first-order valence-corrected chi connectivity index (χ1v) is 8.45. The number of thiocarbonyl (C=S) groups is 1. The summed E-state index contributed by atoms with van der Waals surface area (Å²) in [5, 5.41) is 6.98. The van der Waals surface area contributed by atoms with Crippen LogP contribution in [0.15, 0.2) is 48.5 Å². The molecule has 24 heavy (non-hydrogen) atoms. The predicted octanol–water partition coefficient (Wildman–Crippen LogP) is 4.01. The third kappa shape index (κ3) is 5.42. The van der Waals surface area contributed by atoms with E-state index in [0.717, 1.165) is 23.6 Å². The molecule has 2 rings (SSSR count). The van der Waals surface area contributed by atoms with Gasteiger partial charge < -0.3 is 20.1 Å². The van der Waals surface area contributed by atoms with Crippen molar-refractivity contribution in [1.29, 1.82) is 0 Å². The molecule has 0 amide bonds. The van der Waals surface area contributed by atoms with E-state index in [9.17, 15) is 0 Å². The van der Waals surface area contributed by atoms with Gasteiger partial charge in [0.2, 0.25) is 0 Å². The van der Waals surface area contributed by atoms with E-state index in [-0.39, 0.29) is 6.04 Å². The highest BCUT2D eigenvalue weighted by atomic mass is 32.1. The molecular formula is C19H24N2O2S. The average molecular weight is 344 g/mol. The summed E-state index contributed by atoms with van der Waals surface area (Å²) in [6.45, 7) is 4.64. The molecule has 2 aromatic rings. The van der Waals surface area contributed by atoms with Crippen molar-refractivity contribution in [3.05, 3.63) is 54.1 Å². The first-order chi connectivity index (χ1) is 11.6. The summed E-state index contributed by atoms with van der Waals surface area (Å²) in [4.78, 5) is 0.